The van der Waals surface area contributed by atoms with Crippen LogP contribution < -0.4 is 5.32 Å². The maximum atomic E-state index is 12.2. The first-order chi connectivity index (χ1) is 10.9. The summed E-state index contributed by atoms with van der Waals surface area (Å²) in [7, 11) is -0.254. The number of hydrogen-bond donors (Lipinski definition) is 1. The summed E-state index contributed by atoms with van der Waals surface area (Å²) in [6.07, 6.45) is 6.04. The maximum absolute atomic E-state index is 12.2. The van der Waals surface area contributed by atoms with Crippen LogP contribution in [0, 0.1) is 0 Å². The van der Waals surface area contributed by atoms with Crippen molar-refractivity contribution in [2.75, 3.05) is 20.2 Å². The van der Waals surface area contributed by atoms with E-state index in [4.69, 9.17) is 9.26 Å². The highest BCUT2D eigenvalue weighted by molar-refractivity contribution is 6.69. The largest absolute Gasteiger partial charge is 0.532 e. The van der Waals surface area contributed by atoms with Gasteiger partial charge in [-0.15, -0.1) is 0 Å². The molecule has 7 heteroatoms. The molecule has 23 heavy (non-hydrogen) atoms. The topological polar surface area (TPSA) is 54.0 Å². The molecule has 0 aliphatic carbocycles. The first-order valence-corrected chi connectivity index (χ1v) is 11.6. The Morgan fingerprint density at radius 3 is 2.87 bits per heavy atom. The van der Waals surface area contributed by atoms with Crippen LogP contribution >= 0.6 is 0 Å². The zero-order valence-corrected chi connectivity index (χ0v) is 16.1. The Labute approximate surface area is 141 Å². The number of hydroxylamine groups is 2. The average molecular weight is 342 g/mol. The number of piperidine rings is 1. The lowest BCUT2D eigenvalue weighted by Crippen LogP contribution is -2.59. The molecule has 2 saturated heterocycles. The van der Waals surface area contributed by atoms with Crippen LogP contribution in [0.3, 0.4) is 0 Å². The number of nitrogens with one attached hydrogen (secondary N) is 1. The van der Waals surface area contributed by atoms with E-state index in [0.29, 0.717) is 12.6 Å². The Balaban J connectivity index is 2.09. The molecule has 0 aromatic rings. The van der Waals surface area contributed by atoms with Gasteiger partial charge in [0.25, 0.3) is 0 Å². The molecule has 6 nitrogen and oxygen atoms in total. The Hall–Kier alpha value is -1.05. The molecule has 0 aromatic carbocycles. The molecular formula is C16H31N3O3Si. The van der Waals surface area contributed by atoms with Crippen LogP contribution in [0.25, 0.3) is 0 Å². The van der Waals surface area contributed by atoms with Gasteiger partial charge < -0.3 is 9.74 Å². The quantitative estimate of drug-likeness (QED) is 0.475. The van der Waals surface area contributed by atoms with Gasteiger partial charge in [-0.25, -0.2) is 4.79 Å². The fourth-order valence-electron chi connectivity index (χ4n) is 3.45. The highest BCUT2D eigenvalue weighted by atomic mass is 28.4. The third-order valence-electron chi connectivity index (χ3n) is 4.70. The lowest BCUT2D eigenvalue weighted by molar-refractivity contribution is -0.153. The molecule has 2 rings (SSSR count). The minimum Gasteiger partial charge on any atom is -0.532 e. The molecule has 0 saturated carbocycles. The first-order valence-electron chi connectivity index (χ1n) is 8.70. The van der Waals surface area contributed by atoms with Crippen molar-refractivity contribution in [1.29, 1.82) is 0 Å². The second kappa shape index (κ2) is 7.68. The standard InChI is InChI=1S/C16H31N3O3Si/c1-6-8-11-21-19(16(20)17-3)13-9-10-14-15(7-2)22-23(4,5)18(14)12-13/h7,13-14H,6,8-12H2,1-5H3,(H,17,20)/b15-7-/t13-,14+/m1/s1. The Morgan fingerprint density at radius 1 is 1.52 bits per heavy atom. The molecule has 1 N–H and O–H groups in total. The van der Waals surface area contributed by atoms with Gasteiger partial charge in [-0.2, -0.15) is 5.06 Å². The van der Waals surface area contributed by atoms with Gasteiger partial charge in [-0.05, 0) is 45.4 Å². The number of nitrogens with zero attached hydrogens (tertiary/aromatic N) is 2. The van der Waals surface area contributed by atoms with Crippen molar-refractivity contribution in [3.63, 3.8) is 0 Å². The predicted octanol–water partition coefficient (Wildman–Crippen LogP) is 2.83. The minimum atomic E-state index is -1.91. The van der Waals surface area contributed by atoms with Gasteiger partial charge in [-0.3, -0.25) is 9.40 Å². The third-order valence-corrected chi connectivity index (χ3v) is 7.32. The zero-order chi connectivity index (χ0) is 17.0. The van der Waals surface area contributed by atoms with Crippen molar-refractivity contribution in [2.24, 2.45) is 0 Å². The van der Waals surface area contributed by atoms with Crippen LogP contribution in [0.1, 0.15) is 39.5 Å². The molecule has 132 valence electrons. The fourth-order valence-corrected chi connectivity index (χ4v) is 6.05. The van der Waals surface area contributed by atoms with E-state index in [-0.39, 0.29) is 12.1 Å². The van der Waals surface area contributed by atoms with Crippen molar-refractivity contribution in [3.8, 4) is 0 Å². The Morgan fingerprint density at radius 2 is 2.26 bits per heavy atom. The number of carbonyl (C=O) groups excluding carboxylic acids is 1. The van der Waals surface area contributed by atoms with Crippen LogP contribution in [0.4, 0.5) is 4.79 Å². The first kappa shape index (κ1) is 18.3. The van der Waals surface area contributed by atoms with Crippen LogP contribution in [0.5, 0.6) is 0 Å². The van der Waals surface area contributed by atoms with Crippen LogP contribution in [-0.2, 0) is 9.26 Å². The molecule has 2 aliphatic rings. The Kier molecular flexibility index (Phi) is 6.10. The number of allylic oxidation sites excluding steroid dienone is 1. The predicted molar refractivity (Wildman–Crippen MR) is 93.0 cm³/mol. The van der Waals surface area contributed by atoms with E-state index < -0.39 is 8.48 Å². The van der Waals surface area contributed by atoms with E-state index >= 15 is 0 Å². The van der Waals surface area contributed by atoms with Gasteiger partial charge >= 0.3 is 14.5 Å². The molecule has 2 heterocycles. The van der Waals surface area contributed by atoms with Crippen molar-refractivity contribution in [2.45, 2.75) is 64.7 Å². The number of carbonyl (C=O) groups is 1. The van der Waals surface area contributed by atoms with Crippen molar-refractivity contribution >= 4 is 14.5 Å². The second-order valence-electron chi connectivity index (χ2n) is 6.71. The molecule has 0 radical (unpaired) electrons. The van der Waals surface area contributed by atoms with E-state index in [9.17, 15) is 4.79 Å². The fraction of sp³-hybridized carbons (Fsp3) is 0.812. The van der Waals surface area contributed by atoms with Gasteiger partial charge in [0.2, 0.25) is 0 Å². The molecule has 2 atom stereocenters. The van der Waals surface area contributed by atoms with Gasteiger partial charge in [0, 0.05) is 13.6 Å². The number of unbranched alkanes of at least 4 members (excludes halogenated alkanes) is 1. The molecule has 0 aromatic heterocycles. The lowest BCUT2D eigenvalue weighted by Gasteiger charge is -2.41. The zero-order valence-electron chi connectivity index (χ0n) is 15.1. The monoisotopic (exact) mass is 341 g/mol. The summed E-state index contributed by atoms with van der Waals surface area (Å²) in [6.45, 7) is 10.0. The number of fused-ring (bicyclic) bond motifs is 1. The van der Waals surface area contributed by atoms with Gasteiger partial charge in [0.05, 0.1) is 24.4 Å². The number of urea groups is 1. The molecule has 2 aliphatic heterocycles. The van der Waals surface area contributed by atoms with E-state index in [0.717, 1.165) is 38.0 Å². The summed E-state index contributed by atoms with van der Waals surface area (Å²) in [4.78, 5) is 18.0. The van der Waals surface area contributed by atoms with E-state index in [1.54, 1.807) is 12.1 Å². The summed E-state index contributed by atoms with van der Waals surface area (Å²) in [5, 5.41) is 4.26. The summed E-state index contributed by atoms with van der Waals surface area (Å²) >= 11 is 0. The highest BCUT2D eigenvalue weighted by Crippen LogP contribution is 2.38. The molecular weight excluding hydrogens is 310 g/mol. The van der Waals surface area contributed by atoms with Gasteiger partial charge in [0.1, 0.15) is 0 Å². The highest BCUT2D eigenvalue weighted by Gasteiger charge is 2.51. The minimum absolute atomic E-state index is 0.0784. The average Bonchev–Trinajstić information content (AvgIpc) is 2.81. The van der Waals surface area contributed by atoms with Crippen molar-refractivity contribution in [3.05, 3.63) is 11.8 Å². The summed E-state index contributed by atoms with van der Waals surface area (Å²) in [5.74, 6) is 1.11. The molecule has 2 fully saturated rings. The van der Waals surface area contributed by atoms with Crippen molar-refractivity contribution in [1.82, 2.24) is 14.9 Å². The molecule has 0 spiro atoms. The Bertz CT molecular complexity index is 456. The van der Waals surface area contributed by atoms with Gasteiger partial charge in [-0.1, -0.05) is 13.3 Å². The normalized spacial score (nSPS) is 28.3. The lowest BCUT2D eigenvalue weighted by atomic mass is 9.99. The summed E-state index contributed by atoms with van der Waals surface area (Å²) < 4.78 is 8.71. The second-order valence-corrected chi connectivity index (χ2v) is 10.4. The summed E-state index contributed by atoms with van der Waals surface area (Å²) in [6, 6.07) is 0.296. The SMILES string of the molecule is C/C=C1\O[Si](C)(C)N2C[C@H](N(OCCCC)C(=O)NC)CC[C@@H]12. The molecule has 0 bridgehead atoms. The van der Waals surface area contributed by atoms with Crippen LogP contribution in [0.2, 0.25) is 13.1 Å². The summed E-state index contributed by atoms with van der Waals surface area (Å²) in [5.41, 5.74) is 0. The van der Waals surface area contributed by atoms with E-state index in [2.05, 4.69) is 36.0 Å². The number of amides is 2. The van der Waals surface area contributed by atoms with Crippen molar-refractivity contribution < 1.29 is 14.1 Å². The van der Waals surface area contributed by atoms with Crippen LogP contribution in [-0.4, -0.2) is 56.4 Å². The van der Waals surface area contributed by atoms with E-state index in [1.807, 2.05) is 6.92 Å². The number of hydrogen-bond acceptors (Lipinski definition) is 4. The van der Waals surface area contributed by atoms with Crippen LogP contribution in [0.15, 0.2) is 11.8 Å². The van der Waals surface area contributed by atoms with Gasteiger partial charge in [0.15, 0.2) is 0 Å². The number of rotatable bonds is 5. The van der Waals surface area contributed by atoms with E-state index in [1.165, 1.54) is 0 Å². The molecule has 0 unspecified atom stereocenters. The smallest absolute Gasteiger partial charge is 0.341 e. The molecule has 2 amide bonds. The third kappa shape index (κ3) is 3.89. The maximum Gasteiger partial charge on any atom is 0.341 e.